The molecule has 4 heteroatoms. The van der Waals surface area contributed by atoms with Gasteiger partial charge in [0.1, 0.15) is 0 Å². The van der Waals surface area contributed by atoms with E-state index < -0.39 is 10.7 Å². The fraction of sp³-hybridized carbons (Fsp3) is 0.286. The highest BCUT2D eigenvalue weighted by atomic mass is 35.5. The monoisotopic (exact) mass is 282 g/mol. The molecule has 18 heavy (non-hydrogen) atoms. The van der Waals surface area contributed by atoms with Crippen LogP contribution in [0.3, 0.4) is 0 Å². The Labute approximate surface area is 114 Å². The first-order chi connectivity index (χ1) is 8.65. The van der Waals surface area contributed by atoms with Crippen molar-refractivity contribution >= 4 is 22.3 Å². The predicted molar refractivity (Wildman–Crippen MR) is 75.5 cm³/mol. The van der Waals surface area contributed by atoms with Crippen molar-refractivity contribution in [1.29, 1.82) is 0 Å². The van der Waals surface area contributed by atoms with Gasteiger partial charge in [-0.15, -0.1) is 0 Å². The minimum absolute atomic E-state index is 0.554. The van der Waals surface area contributed by atoms with Crippen LogP contribution in [-0.4, -0.2) is 8.42 Å². The number of rotatable bonds is 4. The van der Waals surface area contributed by atoms with Gasteiger partial charge in [-0.1, -0.05) is 41.5 Å². The maximum absolute atomic E-state index is 10.9. The largest absolute Gasteiger partial charge is 0.227 e. The molecule has 2 rings (SSSR count). The summed E-state index contributed by atoms with van der Waals surface area (Å²) in [5.74, 6) is 0. The molecular formula is C14H15ClO2S. The number of hydrogen-bond acceptors (Lipinski definition) is 2. The number of thiol groups is 1. The molecule has 0 aliphatic heterocycles. The first-order valence-electron chi connectivity index (χ1n) is 5.91. The molecule has 96 valence electrons. The summed E-state index contributed by atoms with van der Waals surface area (Å²) in [7, 11) is -2.41. The third-order valence-corrected chi connectivity index (χ3v) is 4.11. The minimum Gasteiger partial charge on any atom is -0.227 e. The van der Waals surface area contributed by atoms with Crippen LogP contribution >= 0.6 is 11.6 Å². The SMILES string of the molecule is O=[SH](=O)C1=CCC=C(CCc2ccc(Cl)cc2)C1. The molecule has 0 atom stereocenters. The summed E-state index contributed by atoms with van der Waals surface area (Å²) < 4.78 is 21.9. The van der Waals surface area contributed by atoms with Gasteiger partial charge in [0, 0.05) is 16.3 Å². The molecule has 0 saturated heterocycles. The molecule has 1 aliphatic carbocycles. The van der Waals surface area contributed by atoms with E-state index in [0.29, 0.717) is 11.3 Å². The van der Waals surface area contributed by atoms with E-state index in [9.17, 15) is 8.42 Å². The van der Waals surface area contributed by atoms with E-state index in [0.717, 1.165) is 24.3 Å². The Hall–Kier alpha value is -1.06. The van der Waals surface area contributed by atoms with Gasteiger partial charge in [-0.25, -0.2) is 8.42 Å². The van der Waals surface area contributed by atoms with E-state index in [-0.39, 0.29) is 0 Å². The lowest BCUT2D eigenvalue weighted by molar-refractivity contribution is 0.618. The molecule has 0 heterocycles. The van der Waals surface area contributed by atoms with E-state index in [1.165, 1.54) is 11.1 Å². The van der Waals surface area contributed by atoms with E-state index in [4.69, 9.17) is 11.6 Å². The highest BCUT2D eigenvalue weighted by Crippen LogP contribution is 2.23. The summed E-state index contributed by atoms with van der Waals surface area (Å²) in [4.78, 5) is 0.554. The molecule has 0 radical (unpaired) electrons. The lowest BCUT2D eigenvalue weighted by Gasteiger charge is -2.11. The van der Waals surface area contributed by atoms with Crippen LogP contribution in [0.2, 0.25) is 5.02 Å². The third kappa shape index (κ3) is 3.72. The fourth-order valence-corrected chi connectivity index (χ4v) is 2.74. The molecule has 0 fully saturated rings. The Morgan fingerprint density at radius 3 is 2.44 bits per heavy atom. The zero-order chi connectivity index (χ0) is 13.0. The average molecular weight is 283 g/mol. The van der Waals surface area contributed by atoms with E-state index in [2.05, 4.69) is 6.08 Å². The lowest BCUT2D eigenvalue weighted by atomic mass is 9.98. The highest BCUT2D eigenvalue weighted by Gasteiger charge is 2.09. The summed E-state index contributed by atoms with van der Waals surface area (Å²) >= 11 is 5.83. The topological polar surface area (TPSA) is 34.1 Å². The molecule has 0 N–H and O–H groups in total. The summed E-state index contributed by atoms with van der Waals surface area (Å²) in [6.45, 7) is 0. The number of allylic oxidation sites excluding steroid dienone is 4. The van der Waals surface area contributed by atoms with Crippen LogP contribution in [0.15, 0.2) is 46.9 Å². The molecule has 1 aromatic rings. The van der Waals surface area contributed by atoms with Crippen LogP contribution < -0.4 is 0 Å². The normalized spacial score (nSPS) is 15.4. The maximum Gasteiger partial charge on any atom is 0.164 e. The van der Waals surface area contributed by atoms with E-state index in [1.807, 2.05) is 24.3 Å². The van der Waals surface area contributed by atoms with Crippen molar-refractivity contribution in [3.8, 4) is 0 Å². The summed E-state index contributed by atoms with van der Waals surface area (Å²) in [5.41, 5.74) is 2.43. The summed E-state index contributed by atoms with van der Waals surface area (Å²) in [5, 5.41) is 0.740. The van der Waals surface area contributed by atoms with Gasteiger partial charge in [-0.2, -0.15) is 0 Å². The number of halogens is 1. The molecule has 2 nitrogen and oxygen atoms in total. The van der Waals surface area contributed by atoms with Crippen molar-refractivity contribution in [2.45, 2.75) is 25.7 Å². The Morgan fingerprint density at radius 1 is 1.06 bits per heavy atom. The Bertz CT molecular complexity index is 546. The quantitative estimate of drug-likeness (QED) is 0.678. The third-order valence-electron chi connectivity index (χ3n) is 3.05. The van der Waals surface area contributed by atoms with Crippen LogP contribution in [-0.2, 0) is 17.1 Å². The zero-order valence-corrected chi connectivity index (χ0v) is 11.6. The van der Waals surface area contributed by atoms with Crippen molar-refractivity contribution in [1.82, 2.24) is 0 Å². The molecule has 0 spiro atoms. The van der Waals surface area contributed by atoms with Gasteiger partial charge >= 0.3 is 0 Å². The standard InChI is InChI=1S/C14H15ClO2S/c15-13-8-6-11(7-9-13)4-5-12-2-1-3-14(10-12)18(16)17/h2-3,6-9,18H,1,4-5,10H2. The van der Waals surface area contributed by atoms with E-state index >= 15 is 0 Å². The zero-order valence-electron chi connectivity index (χ0n) is 9.93. The van der Waals surface area contributed by atoms with Crippen molar-refractivity contribution in [2.24, 2.45) is 0 Å². The molecule has 0 unspecified atom stereocenters. The summed E-state index contributed by atoms with van der Waals surface area (Å²) in [6, 6.07) is 7.78. The first-order valence-corrected chi connectivity index (χ1v) is 7.46. The highest BCUT2D eigenvalue weighted by molar-refractivity contribution is 7.76. The van der Waals surface area contributed by atoms with Gasteiger partial charge in [0.25, 0.3) is 0 Å². The van der Waals surface area contributed by atoms with Gasteiger partial charge in [0.15, 0.2) is 10.7 Å². The predicted octanol–water partition coefficient (Wildman–Crippen LogP) is 3.49. The summed E-state index contributed by atoms with van der Waals surface area (Å²) in [6.07, 6.45) is 7.05. The number of benzene rings is 1. The first kappa shape index (κ1) is 13.4. The van der Waals surface area contributed by atoms with Crippen LogP contribution in [0.25, 0.3) is 0 Å². The van der Waals surface area contributed by atoms with Crippen molar-refractivity contribution in [3.05, 3.63) is 57.5 Å². The second-order valence-corrected chi connectivity index (χ2v) is 5.88. The smallest absolute Gasteiger partial charge is 0.164 e. The van der Waals surface area contributed by atoms with Gasteiger partial charge in [0.2, 0.25) is 0 Å². The second-order valence-electron chi connectivity index (χ2n) is 4.35. The van der Waals surface area contributed by atoms with Crippen molar-refractivity contribution in [2.75, 3.05) is 0 Å². The Balaban J connectivity index is 1.91. The molecule has 0 saturated carbocycles. The van der Waals surface area contributed by atoms with Gasteiger partial charge in [-0.05, 0) is 37.0 Å². The van der Waals surface area contributed by atoms with Crippen LogP contribution in [0.4, 0.5) is 0 Å². The lowest BCUT2D eigenvalue weighted by Crippen LogP contribution is -1.97. The van der Waals surface area contributed by atoms with Crippen LogP contribution in [0.5, 0.6) is 0 Å². The van der Waals surface area contributed by atoms with Gasteiger partial charge in [-0.3, -0.25) is 0 Å². The van der Waals surface area contributed by atoms with Gasteiger partial charge in [0.05, 0.1) is 0 Å². The molecule has 1 aromatic carbocycles. The van der Waals surface area contributed by atoms with Gasteiger partial charge < -0.3 is 0 Å². The molecular weight excluding hydrogens is 268 g/mol. The van der Waals surface area contributed by atoms with Crippen LogP contribution in [0, 0.1) is 0 Å². The number of aryl methyl sites for hydroxylation is 1. The molecule has 0 bridgehead atoms. The molecule has 1 aliphatic rings. The fourth-order valence-electron chi connectivity index (χ4n) is 2.02. The Kier molecular flexibility index (Phi) is 4.61. The minimum atomic E-state index is -2.41. The van der Waals surface area contributed by atoms with Crippen LogP contribution in [0.1, 0.15) is 24.8 Å². The maximum atomic E-state index is 10.9. The van der Waals surface area contributed by atoms with E-state index in [1.54, 1.807) is 6.08 Å². The van der Waals surface area contributed by atoms with Crippen molar-refractivity contribution < 1.29 is 8.42 Å². The second kappa shape index (κ2) is 6.21. The molecule has 0 amide bonds. The van der Waals surface area contributed by atoms with Crippen molar-refractivity contribution in [3.63, 3.8) is 0 Å². The Morgan fingerprint density at radius 2 is 1.78 bits per heavy atom. The molecule has 0 aromatic heterocycles. The average Bonchev–Trinajstić information content (AvgIpc) is 2.38. The number of hydrogen-bond donors (Lipinski definition) is 1.